The number of aliphatic hydroxyl groups is 1. The van der Waals surface area contributed by atoms with Gasteiger partial charge in [0.1, 0.15) is 0 Å². The van der Waals surface area contributed by atoms with Gasteiger partial charge in [-0.3, -0.25) is 0 Å². The molecule has 100 valence electrons. The van der Waals surface area contributed by atoms with E-state index in [2.05, 4.69) is 10.6 Å². The maximum atomic E-state index is 11.3. The summed E-state index contributed by atoms with van der Waals surface area (Å²) >= 11 is 1.56. The molecule has 1 heterocycles. The van der Waals surface area contributed by atoms with Crippen LogP contribution in [0.3, 0.4) is 0 Å². The Morgan fingerprint density at radius 2 is 2.17 bits per heavy atom. The number of nitrogens with one attached hydrogen (secondary N) is 2. The first kappa shape index (κ1) is 14.5. The van der Waals surface area contributed by atoms with Gasteiger partial charge in [0.15, 0.2) is 6.10 Å². The van der Waals surface area contributed by atoms with E-state index < -0.39 is 18.1 Å². The van der Waals surface area contributed by atoms with E-state index in [-0.39, 0.29) is 6.54 Å². The third kappa shape index (κ3) is 4.34. The number of aliphatic hydroxyl groups excluding tert-OH is 1. The molecule has 0 fully saturated rings. The van der Waals surface area contributed by atoms with Crippen LogP contribution < -0.4 is 10.6 Å². The van der Waals surface area contributed by atoms with Crippen LogP contribution in [0.5, 0.6) is 0 Å². The first-order valence-electron chi connectivity index (χ1n) is 5.52. The Hall–Kier alpha value is -1.60. The molecule has 7 heteroatoms. The molecule has 0 aliphatic heterocycles. The summed E-state index contributed by atoms with van der Waals surface area (Å²) in [5.41, 5.74) is 1.19. The Labute approximate surface area is 109 Å². The minimum atomic E-state index is -1.58. The highest BCUT2D eigenvalue weighted by atomic mass is 32.1. The standard InChI is InChI=1S/C11H16N2O4S/c1-2-7-3-4-18-9(7)6-13-11(17)12-5-8(14)10(15)16/h3-4,8,14H,2,5-6H2,1H3,(H,15,16)(H2,12,13,17). The van der Waals surface area contributed by atoms with Gasteiger partial charge in [0.05, 0.1) is 13.1 Å². The molecule has 0 aliphatic carbocycles. The Bertz CT molecular complexity index is 419. The van der Waals surface area contributed by atoms with Gasteiger partial charge < -0.3 is 20.8 Å². The van der Waals surface area contributed by atoms with Gasteiger partial charge in [-0.25, -0.2) is 9.59 Å². The number of urea groups is 1. The number of hydrogen-bond acceptors (Lipinski definition) is 4. The molecule has 1 aromatic heterocycles. The Morgan fingerprint density at radius 3 is 2.78 bits per heavy atom. The van der Waals surface area contributed by atoms with E-state index in [1.807, 2.05) is 18.4 Å². The zero-order valence-electron chi connectivity index (χ0n) is 9.97. The van der Waals surface area contributed by atoms with E-state index in [0.717, 1.165) is 11.3 Å². The van der Waals surface area contributed by atoms with Crippen LogP contribution in [0.2, 0.25) is 0 Å². The summed E-state index contributed by atoms with van der Waals surface area (Å²) in [5, 5.41) is 24.3. The third-order valence-electron chi connectivity index (χ3n) is 2.37. The van der Waals surface area contributed by atoms with Gasteiger partial charge in [-0.05, 0) is 23.4 Å². The molecule has 4 N–H and O–H groups in total. The van der Waals surface area contributed by atoms with Crippen molar-refractivity contribution < 1.29 is 19.8 Å². The summed E-state index contributed by atoms with van der Waals surface area (Å²) in [4.78, 5) is 22.7. The van der Waals surface area contributed by atoms with E-state index in [1.165, 1.54) is 5.56 Å². The van der Waals surface area contributed by atoms with Crippen LogP contribution in [-0.2, 0) is 17.8 Å². The van der Waals surface area contributed by atoms with E-state index in [4.69, 9.17) is 10.2 Å². The molecule has 1 aromatic rings. The molecule has 6 nitrogen and oxygen atoms in total. The number of aliphatic carboxylic acids is 1. The molecule has 0 radical (unpaired) electrons. The van der Waals surface area contributed by atoms with Crippen LogP contribution in [-0.4, -0.2) is 34.9 Å². The van der Waals surface area contributed by atoms with Crippen LogP contribution >= 0.6 is 11.3 Å². The highest BCUT2D eigenvalue weighted by Crippen LogP contribution is 2.16. The maximum Gasteiger partial charge on any atom is 0.334 e. The van der Waals surface area contributed by atoms with E-state index >= 15 is 0 Å². The quantitative estimate of drug-likeness (QED) is 0.608. The normalized spacial score (nSPS) is 11.9. The highest BCUT2D eigenvalue weighted by molar-refractivity contribution is 7.10. The molecule has 2 amide bonds. The summed E-state index contributed by atoms with van der Waals surface area (Å²) in [6.07, 6.45) is -0.677. The van der Waals surface area contributed by atoms with Gasteiger partial charge in [-0.2, -0.15) is 0 Å². The van der Waals surface area contributed by atoms with Gasteiger partial charge in [-0.1, -0.05) is 6.92 Å². The average molecular weight is 272 g/mol. The molecule has 0 saturated carbocycles. The molecule has 1 rings (SSSR count). The third-order valence-corrected chi connectivity index (χ3v) is 3.33. The number of carboxylic acid groups (broad SMARTS) is 1. The fraction of sp³-hybridized carbons (Fsp3) is 0.455. The molecule has 1 unspecified atom stereocenters. The molecule has 0 saturated heterocycles. The lowest BCUT2D eigenvalue weighted by Crippen LogP contribution is -2.41. The van der Waals surface area contributed by atoms with Crippen LogP contribution in [0.4, 0.5) is 4.79 Å². The zero-order valence-corrected chi connectivity index (χ0v) is 10.8. The van der Waals surface area contributed by atoms with Gasteiger partial charge in [0.25, 0.3) is 0 Å². The lowest BCUT2D eigenvalue weighted by molar-refractivity contribution is -0.146. The molecular weight excluding hydrogens is 256 g/mol. The first-order chi connectivity index (χ1) is 8.54. The summed E-state index contributed by atoms with van der Waals surface area (Å²) < 4.78 is 0. The fourth-order valence-electron chi connectivity index (χ4n) is 1.34. The molecule has 18 heavy (non-hydrogen) atoms. The molecule has 0 spiro atoms. The number of amides is 2. The maximum absolute atomic E-state index is 11.3. The van der Waals surface area contributed by atoms with Gasteiger partial charge >= 0.3 is 12.0 Å². The van der Waals surface area contributed by atoms with Gasteiger partial charge in [-0.15, -0.1) is 11.3 Å². The second kappa shape index (κ2) is 6.97. The smallest absolute Gasteiger partial charge is 0.334 e. The van der Waals surface area contributed by atoms with Crippen molar-refractivity contribution in [2.75, 3.05) is 6.54 Å². The van der Waals surface area contributed by atoms with Crippen molar-refractivity contribution in [1.82, 2.24) is 10.6 Å². The van der Waals surface area contributed by atoms with Crippen molar-refractivity contribution >= 4 is 23.3 Å². The number of thiophene rings is 1. The summed E-state index contributed by atoms with van der Waals surface area (Å²) in [7, 11) is 0. The minimum Gasteiger partial charge on any atom is -0.479 e. The summed E-state index contributed by atoms with van der Waals surface area (Å²) in [6.45, 7) is 2.12. The van der Waals surface area contributed by atoms with Crippen LogP contribution in [0.1, 0.15) is 17.4 Å². The van der Waals surface area contributed by atoms with Crippen molar-refractivity contribution in [2.24, 2.45) is 0 Å². The van der Waals surface area contributed by atoms with Crippen LogP contribution in [0.15, 0.2) is 11.4 Å². The Balaban J connectivity index is 2.31. The van der Waals surface area contributed by atoms with Crippen LogP contribution in [0, 0.1) is 0 Å². The van der Waals surface area contributed by atoms with Crippen molar-refractivity contribution in [3.63, 3.8) is 0 Å². The lowest BCUT2D eigenvalue weighted by atomic mass is 10.2. The van der Waals surface area contributed by atoms with Crippen molar-refractivity contribution in [2.45, 2.75) is 26.0 Å². The highest BCUT2D eigenvalue weighted by Gasteiger charge is 2.14. The fourth-order valence-corrected chi connectivity index (χ4v) is 2.25. The zero-order chi connectivity index (χ0) is 13.5. The Kier molecular flexibility index (Phi) is 5.60. The number of aryl methyl sites for hydroxylation is 1. The predicted octanol–water partition coefficient (Wildman–Crippen LogP) is 0.555. The molecular formula is C11H16N2O4S. The molecule has 0 aliphatic rings. The average Bonchev–Trinajstić information content (AvgIpc) is 2.80. The largest absolute Gasteiger partial charge is 0.479 e. The van der Waals surface area contributed by atoms with Crippen LogP contribution in [0.25, 0.3) is 0 Å². The second-order valence-corrected chi connectivity index (χ2v) is 4.64. The molecule has 0 aromatic carbocycles. The van der Waals surface area contributed by atoms with Crippen molar-refractivity contribution in [3.8, 4) is 0 Å². The topological polar surface area (TPSA) is 98.7 Å². The van der Waals surface area contributed by atoms with Crippen molar-refractivity contribution in [1.29, 1.82) is 0 Å². The summed E-state index contributed by atoms with van der Waals surface area (Å²) in [5.74, 6) is -1.36. The number of rotatable bonds is 6. The van der Waals surface area contributed by atoms with Gasteiger partial charge in [0, 0.05) is 4.88 Å². The predicted molar refractivity (Wildman–Crippen MR) is 67.6 cm³/mol. The minimum absolute atomic E-state index is 0.313. The van der Waals surface area contributed by atoms with E-state index in [9.17, 15) is 9.59 Å². The lowest BCUT2D eigenvalue weighted by Gasteiger charge is -2.09. The van der Waals surface area contributed by atoms with E-state index in [0.29, 0.717) is 6.54 Å². The number of carboxylic acids is 1. The molecule has 1 atom stereocenters. The monoisotopic (exact) mass is 272 g/mol. The van der Waals surface area contributed by atoms with E-state index in [1.54, 1.807) is 11.3 Å². The number of carbonyl (C=O) groups excluding carboxylic acids is 1. The first-order valence-corrected chi connectivity index (χ1v) is 6.40. The SMILES string of the molecule is CCc1ccsc1CNC(=O)NCC(O)C(=O)O. The second-order valence-electron chi connectivity index (χ2n) is 3.64. The number of carbonyl (C=O) groups is 2. The van der Waals surface area contributed by atoms with Crippen molar-refractivity contribution in [3.05, 3.63) is 21.9 Å². The number of hydrogen-bond donors (Lipinski definition) is 4. The summed E-state index contributed by atoms with van der Waals surface area (Å²) in [6, 6.07) is 1.51. The molecule has 0 bridgehead atoms. The van der Waals surface area contributed by atoms with Gasteiger partial charge in [0.2, 0.25) is 0 Å². The Morgan fingerprint density at radius 1 is 1.44 bits per heavy atom.